The SMILES string of the molecule is COC(=O)c1ccc(C(=O)NC(=S)Nc2ccc(F)c(Cl)c2)cc1. The van der Waals surface area contributed by atoms with Crippen LogP contribution in [0.5, 0.6) is 0 Å². The molecule has 0 saturated carbocycles. The van der Waals surface area contributed by atoms with Gasteiger partial charge in [-0.2, -0.15) is 0 Å². The van der Waals surface area contributed by atoms with Crippen LogP contribution in [0.2, 0.25) is 5.02 Å². The minimum atomic E-state index is -0.553. The average molecular weight is 367 g/mol. The van der Waals surface area contributed by atoms with E-state index in [0.29, 0.717) is 16.8 Å². The predicted molar refractivity (Wildman–Crippen MR) is 92.9 cm³/mol. The summed E-state index contributed by atoms with van der Waals surface area (Å²) in [4.78, 5) is 23.4. The summed E-state index contributed by atoms with van der Waals surface area (Å²) in [6, 6.07) is 9.85. The third-order valence-electron chi connectivity index (χ3n) is 2.97. The van der Waals surface area contributed by atoms with E-state index >= 15 is 0 Å². The number of carbonyl (C=O) groups excluding carboxylic acids is 2. The zero-order valence-electron chi connectivity index (χ0n) is 12.4. The molecule has 0 fully saturated rings. The Hall–Kier alpha value is -2.51. The van der Waals surface area contributed by atoms with Gasteiger partial charge in [-0.05, 0) is 54.7 Å². The first kappa shape index (κ1) is 17.8. The number of ether oxygens (including phenoxy) is 1. The molecular formula is C16H12ClFN2O3S. The van der Waals surface area contributed by atoms with Crippen LogP contribution in [0.15, 0.2) is 42.5 Å². The van der Waals surface area contributed by atoms with E-state index in [4.69, 9.17) is 23.8 Å². The number of amides is 1. The molecule has 24 heavy (non-hydrogen) atoms. The van der Waals surface area contributed by atoms with E-state index in [-0.39, 0.29) is 10.1 Å². The Morgan fingerprint density at radius 3 is 2.33 bits per heavy atom. The van der Waals surface area contributed by atoms with E-state index in [0.717, 1.165) is 0 Å². The van der Waals surface area contributed by atoms with Crippen LogP contribution in [0.25, 0.3) is 0 Å². The van der Waals surface area contributed by atoms with Crippen molar-refractivity contribution in [3.8, 4) is 0 Å². The van der Waals surface area contributed by atoms with Crippen molar-refractivity contribution < 1.29 is 18.7 Å². The first-order valence-corrected chi connectivity index (χ1v) is 7.45. The van der Waals surface area contributed by atoms with E-state index in [1.165, 1.54) is 49.6 Å². The van der Waals surface area contributed by atoms with E-state index in [1.807, 2.05) is 0 Å². The lowest BCUT2D eigenvalue weighted by Crippen LogP contribution is -2.34. The summed E-state index contributed by atoms with van der Waals surface area (Å²) in [5, 5.41) is 5.16. The summed E-state index contributed by atoms with van der Waals surface area (Å²) < 4.78 is 17.7. The number of methoxy groups -OCH3 is 1. The van der Waals surface area contributed by atoms with Gasteiger partial charge < -0.3 is 10.1 Å². The molecule has 2 N–H and O–H groups in total. The van der Waals surface area contributed by atoms with Crippen molar-refractivity contribution in [1.82, 2.24) is 5.32 Å². The van der Waals surface area contributed by atoms with Gasteiger partial charge in [-0.3, -0.25) is 10.1 Å². The quantitative estimate of drug-likeness (QED) is 0.643. The molecule has 0 aliphatic heterocycles. The number of thiocarbonyl (C=S) groups is 1. The largest absolute Gasteiger partial charge is 0.465 e. The van der Waals surface area contributed by atoms with Crippen LogP contribution in [0.1, 0.15) is 20.7 Å². The second-order valence-corrected chi connectivity index (χ2v) is 5.42. The molecule has 0 atom stereocenters. The van der Waals surface area contributed by atoms with Gasteiger partial charge in [-0.25, -0.2) is 9.18 Å². The Labute approximate surface area is 147 Å². The number of hydrogen-bond acceptors (Lipinski definition) is 4. The summed E-state index contributed by atoms with van der Waals surface area (Å²) in [7, 11) is 1.27. The molecule has 0 aliphatic rings. The number of halogens is 2. The summed E-state index contributed by atoms with van der Waals surface area (Å²) in [6.45, 7) is 0. The maximum atomic E-state index is 13.1. The molecule has 0 aliphatic carbocycles. The van der Waals surface area contributed by atoms with Crippen LogP contribution in [0.3, 0.4) is 0 Å². The predicted octanol–water partition coefficient (Wildman–Crippen LogP) is 3.39. The van der Waals surface area contributed by atoms with Gasteiger partial charge in [0.1, 0.15) is 5.82 Å². The molecule has 0 aromatic heterocycles. The first-order valence-electron chi connectivity index (χ1n) is 6.66. The van der Waals surface area contributed by atoms with Crippen LogP contribution in [0, 0.1) is 5.82 Å². The van der Waals surface area contributed by atoms with Gasteiger partial charge in [0, 0.05) is 11.3 Å². The van der Waals surface area contributed by atoms with Gasteiger partial charge in [0.15, 0.2) is 5.11 Å². The molecule has 2 rings (SSSR count). The molecule has 2 aromatic carbocycles. The van der Waals surface area contributed by atoms with Crippen molar-refractivity contribution in [3.63, 3.8) is 0 Å². The number of benzene rings is 2. The maximum Gasteiger partial charge on any atom is 0.337 e. The second-order valence-electron chi connectivity index (χ2n) is 4.61. The van der Waals surface area contributed by atoms with Crippen LogP contribution in [-0.4, -0.2) is 24.1 Å². The smallest absolute Gasteiger partial charge is 0.337 e. The summed E-state index contributed by atoms with van der Waals surface area (Å²) in [5.74, 6) is -1.51. The molecular weight excluding hydrogens is 355 g/mol. The molecule has 0 heterocycles. The highest BCUT2D eigenvalue weighted by atomic mass is 35.5. The molecule has 1 amide bonds. The van der Waals surface area contributed by atoms with Gasteiger partial charge in [0.05, 0.1) is 17.7 Å². The number of rotatable bonds is 3. The third kappa shape index (κ3) is 4.50. The minimum absolute atomic E-state index is 0.0275. The van der Waals surface area contributed by atoms with E-state index in [9.17, 15) is 14.0 Å². The maximum absolute atomic E-state index is 13.1. The number of carbonyl (C=O) groups is 2. The summed E-state index contributed by atoms with van der Waals surface area (Å²) >= 11 is 10.7. The fourth-order valence-electron chi connectivity index (χ4n) is 1.79. The zero-order valence-corrected chi connectivity index (χ0v) is 14.0. The number of anilines is 1. The van der Waals surface area contributed by atoms with Gasteiger partial charge in [-0.1, -0.05) is 11.6 Å². The lowest BCUT2D eigenvalue weighted by Gasteiger charge is -2.10. The van der Waals surface area contributed by atoms with E-state index in [1.54, 1.807) is 0 Å². The second kappa shape index (κ2) is 7.85. The lowest BCUT2D eigenvalue weighted by molar-refractivity contribution is 0.0600. The Kier molecular flexibility index (Phi) is 5.83. The van der Waals surface area contributed by atoms with Gasteiger partial charge in [0.2, 0.25) is 0 Å². The minimum Gasteiger partial charge on any atom is -0.465 e. The molecule has 0 saturated heterocycles. The van der Waals surface area contributed by atoms with E-state index in [2.05, 4.69) is 15.4 Å². The number of esters is 1. The molecule has 0 bridgehead atoms. The Balaban J connectivity index is 1.99. The topological polar surface area (TPSA) is 67.4 Å². The van der Waals surface area contributed by atoms with Crippen LogP contribution < -0.4 is 10.6 Å². The molecule has 5 nitrogen and oxygen atoms in total. The van der Waals surface area contributed by atoms with Crippen molar-refractivity contribution in [2.45, 2.75) is 0 Å². The normalized spacial score (nSPS) is 9.96. The molecule has 0 radical (unpaired) electrons. The standard InChI is InChI=1S/C16H12ClFN2O3S/c1-23-15(22)10-4-2-9(3-5-10)14(21)20-16(24)19-11-6-7-13(18)12(17)8-11/h2-8H,1H3,(H2,19,20,21,24). The monoisotopic (exact) mass is 366 g/mol. The molecule has 0 unspecified atom stereocenters. The Morgan fingerprint density at radius 1 is 1.12 bits per heavy atom. The van der Waals surface area contributed by atoms with Crippen molar-refractivity contribution in [2.75, 3.05) is 12.4 Å². The highest BCUT2D eigenvalue weighted by Gasteiger charge is 2.11. The van der Waals surface area contributed by atoms with Gasteiger partial charge >= 0.3 is 5.97 Å². The molecule has 8 heteroatoms. The van der Waals surface area contributed by atoms with Gasteiger partial charge in [-0.15, -0.1) is 0 Å². The molecule has 0 spiro atoms. The fourth-order valence-corrected chi connectivity index (χ4v) is 2.18. The summed E-state index contributed by atoms with van der Waals surface area (Å²) in [5.41, 5.74) is 1.08. The van der Waals surface area contributed by atoms with E-state index < -0.39 is 17.7 Å². The highest BCUT2D eigenvalue weighted by Crippen LogP contribution is 2.19. The Bertz CT molecular complexity index is 796. The number of nitrogens with one attached hydrogen (secondary N) is 2. The highest BCUT2D eigenvalue weighted by molar-refractivity contribution is 7.80. The summed E-state index contributed by atoms with van der Waals surface area (Å²) in [6.07, 6.45) is 0. The van der Waals surface area contributed by atoms with Crippen molar-refractivity contribution in [1.29, 1.82) is 0 Å². The van der Waals surface area contributed by atoms with Crippen molar-refractivity contribution >= 4 is 46.5 Å². The zero-order chi connectivity index (χ0) is 17.7. The molecule has 2 aromatic rings. The van der Waals surface area contributed by atoms with Crippen molar-refractivity contribution in [3.05, 3.63) is 64.4 Å². The fraction of sp³-hybridized carbons (Fsp3) is 0.0625. The lowest BCUT2D eigenvalue weighted by atomic mass is 10.1. The average Bonchev–Trinajstić information content (AvgIpc) is 2.57. The van der Waals surface area contributed by atoms with Crippen LogP contribution in [-0.2, 0) is 4.74 Å². The van der Waals surface area contributed by atoms with Crippen molar-refractivity contribution in [2.24, 2.45) is 0 Å². The first-order chi connectivity index (χ1) is 11.4. The van der Waals surface area contributed by atoms with Gasteiger partial charge in [0.25, 0.3) is 5.91 Å². The number of hydrogen-bond donors (Lipinski definition) is 2. The van der Waals surface area contributed by atoms with Crippen LogP contribution >= 0.6 is 23.8 Å². The van der Waals surface area contributed by atoms with Crippen LogP contribution in [0.4, 0.5) is 10.1 Å². The molecule has 124 valence electrons. The third-order valence-corrected chi connectivity index (χ3v) is 3.47. The Morgan fingerprint density at radius 2 is 1.75 bits per heavy atom.